The summed E-state index contributed by atoms with van der Waals surface area (Å²) in [5.41, 5.74) is 3.45. The van der Waals surface area contributed by atoms with Gasteiger partial charge in [-0.05, 0) is 43.2 Å². The van der Waals surface area contributed by atoms with Crippen molar-refractivity contribution in [1.82, 2.24) is 0 Å². The molecule has 0 saturated carbocycles. The molecule has 0 radical (unpaired) electrons. The average molecular weight is 351 g/mol. The molecule has 0 bridgehead atoms. The number of benzene rings is 3. The van der Waals surface area contributed by atoms with Crippen molar-refractivity contribution in [2.75, 3.05) is 4.31 Å². The van der Waals surface area contributed by atoms with E-state index in [1.807, 2.05) is 80.6 Å². The molecule has 0 aromatic heterocycles. The fourth-order valence-electron chi connectivity index (χ4n) is 2.74. The van der Waals surface area contributed by atoms with Gasteiger partial charge in [-0.25, -0.2) is 8.42 Å². The topological polar surface area (TPSA) is 37.4 Å². The monoisotopic (exact) mass is 351 g/mol. The second-order valence-electron chi connectivity index (χ2n) is 6.10. The normalized spacial score (nSPS) is 11.3. The highest BCUT2D eigenvalue weighted by atomic mass is 32.2. The minimum Gasteiger partial charge on any atom is -0.262 e. The molecule has 0 saturated heterocycles. The first-order valence-corrected chi connectivity index (χ1v) is 9.61. The zero-order valence-electron chi connectivity index (χ0n) is 14.4. The molecule has 4 heteroatoms. The molecule has 3 nitrogen and oxygen atoms in total. The summed E-state index contributed by atoms with van der Waals surface area (Å²) in [6.45, 7) is 4.10. The molecule has 0 spiro atoms. The Morgan fingerprint density at radius 1 is 0.760 bits per heavy atom. The summed E-state index contributed by atoms with van der Waals surface area (Å²) >= 11 is 0. The molecule has 0 aliphatic carbocycles. The van der Waals surface area contributed by atoms with Crippen LogP contribution in [0.2, 0.25) is 0 Å². The number of sulfonamides is 1. The van der Waals surface area contributed by atoms with E-state index in [1.54, 1.807) is 12.1 Å². The largest absolute Gasteiger partial charge is 0.264 e. The van der Waals surface area contributed by atoms with E-state index < -0.39 is 10.0 Å². The Morgan fingerprint density at radius 2 is 1.36 bits per heavy atom. The number of hydrogen-bond donors (Lipinski definition) is 0. The van der Waals surface area contributed by atoms with Gasteiger partial charge in [0.15, 0.2) is 0 Å². The van der Waals surface area contributed by atoms with E-state index in [0.29, 0.717) is 17.1 Å². The molecule has 128 valence electrons. The number of anilines is 1. The smallest absolute Gasteiger partial charge is 0.262 e. The van der Waals surface area contributed by atoms with Crippen molar-refractivity contribution in [2.24, 2.45) is 0 Å². The number of nitrogens with zero attached hydrogens (tertiary/aromatic N) is 1. The average Bonchev–Trinajstić information content (AvgIpc) is 2.61. The molecule has 0 heterocycles. The Bertz CT molecular complexity index is 949. The number of aryl methyl sites for hydroxylation is 2. The second kappa shape index (κ2) is 7.11. The van der Waals surface area contributed by atoms with Crippen molar-refractivity contribution < 1.29 is 8.42 Å². The molecule has 0 atom stereocenters. The standard InChI is InChI=1S/C21H21NO2S/c1-17-12-14-20(15-13-17)22(16-19-9-4-3-5-10-19)25(23,24)21-11-7-6-8-18(21)2/h3-15H,16H2,1-2H3. The number of hydrogen-bond acceptors (Lipinski definition) is 2. The maximum atomic E-state index is 13.4. The van der Waals surface area contributed by atoms with E-state index >= 15 is 0 Å². The molecule has 0 aliphatic heterocycles. The molecular formula is C21H21NO2S. The Hall–Kier alpha value is -2.59. The van der Waals surface area contributed by atoms with Crippen LogP contribution < -0.4 is 4.31 Å². The van der Waals surface area contributed by atoms with Crippen molar-refractivity contribution in [2.45, 2.75) is 25.3 Å². The predicted molar refractivity (Wildman–Crippen MR) is 102 cm³/mol. The van der Waals surface area contributed by atoms with Crippen LogP contribution in [0, 0.1) is 13.8 Å². The molecule has 3 aromatic carbocycles. The van der Waals surface area contributed by atoms with Gasteiger partial charge in [0.05, 0.1) is 17.1 Å². The third-order valence-electron chi connectivity index (χ3n) is 4.15. The van der Waals surface area contributed by atoms with Gasteiger partial charge in [-0.1, -0.05) is 66.2 Å². The van der Waals surface area contributed by atoms with E-state index in [4.69, 9.17) is 0 Å². The number of rotatable bonds is 5. The fraction of sp³-hybridized carbons (Fsp3) is 0.143. The minimum absolute atomic E-state index is 0.292. The van der Waals surface area contributed by atoms with Crippen molar-refractivity contribution in [3.8, 4) is 0 Å². The molecule has 0 N–H and O–H groups in total. The maximum absolute atomic E-state index is 13.4. The Balaban J connectivity index is 2.10. The van der Waals surface area contributed by atoms with Crippen LogP contribution in [0.1, 0.15) is 16.7 Å². The molecule has 3 rings (SSSR count). The molecule has 0 fully saturated rings. The van der Waals surface area contributed by atoms with E-state index in [0.717, 1.165) is 16.7 Å². The quantitative estimate of drug-likeness (QED) is 0.668. The van der Waals surface area contributed by atoms with Crippen LogP contribution >= 0.6 is 0 Å². The first-order valence-electron chi connectivity index (χ1n) is 8.17. The first-order chi connectivity index (χ1) is 12.0. The van der Waals surface area contributed by atoms with Crippen molar-refractivity contribution >= 4 is 15.7 Å². The van der Waals surface area contributed by atoms with E-state index in [1.165, 1.54) is 4.31 Å². The lowest BCUT2D eigenvalue weighted by Gasteiger charge is -2.25. The van der Waals surface area contributed by atoms with Crippen molar-refractivity contribution in [1.29, 1.82) is 0 Å². The van der Waals surface area contributed by atoms with Gasteiger partial charge in [-0.3, -0.25) is 4.31 Å². The Morgan fingerprint density at radius 3 is 2.00 bits per heavy atom. The third-order valence-corrected chi connectivity index (χ3v) is 6.09. The van der Waals surface area contributed by atoms with E-state index in [9.17, 15) is 8.42 Å². The van der Waals surface area contributed by atoms with Crippen LogP contribution in [-0.4, -0.2) is 8.42 Å². The second-order valence-corrected chi connectivity index (χ2v) is 7.93. The zero-order chi connectivity index (χ0) is 17.9. The maximum Gasteiger partial charge on any atom is 0.264 e. The molecule has 0 aliphatic rings. The Kier molecular flexibility index (Phi) is 4.91. The van der Waals surface area contributed by atoms with Gasteiger partial charge in [0.25, 0.3) is 10.0 Å². The van der Waals surface area contributed by atoms with Gasteiger partial charge < -0.3 is 0 Å². The summed E-state index contributed by atoms with van der Waals surface area (Å²) in [6.07, 6.45) is 0. The first kappa shape index (κ1) is 17.2. The SMILES string of the molecule is Cc1ccc(N(Cc2ccccc2)S(=O)(=O)c2ccccc2C)cc1. The van der Waals surface area contributed by atoms with Crippen LogP contribution in [0.15, 0.2) is 83.8 Å². The lowest BCUT2D eigenvalue weighted by atomic mass is 10.2. The highest BCUT2D eigenvalue weighted by molar-refractivity contribution is 7.92. The van der Waals surface area contributed by atoms with Gasteiger partial charge in [0.1, 0.15) is 0 Å². The van der Waals surface area contributed by atoms with Crippen molar-refractivity contribution in [3.05, 3.63) is 95.6 Å². The zero-order valence-corrected chi connectivity index (χ0v) is 15.2. The molecule has 25 heavy (non-hydrogen) atoms. The molecule has 0 amide bonds. The van der Waals surface area contributed by atoms with Gasteiger partial charge in [0.2, 0.25) is 0 Å². The summed E-state index contributed by atoms with van der Waals surface area (Å²) < 4.78 is 28.2. The molecular weight excluding hydrogens is 330 g/mol. The molecule has 0 unspecified atom stereocenters. The Labute approximate surface area is 149 Å². The lowest BCUT2D eigenvalue weighted by molar-refractivity contribution is 0.590. The van der Waals surface area contributed by atoms with Gasteiger partial charge in [0, 0.05) is 0 Å². The highest BCUT2D eigenvalue weighted by Gasteiger charge is 2.26. The van der Waals surface area contributed by atoms with Crippen LogP contribution in [0.4, 0.5) is 5.69 Å². The predicted octanol–water partition coefficient (Wildman–Crippen LogP) is 4.70. The summed E-state index contributed by atoms with van der Waals surface area (Å²) in [4.78, 5) is 0.339. The highest BCUT2D eigenvalue weighted by Crippen LogP contribution is 2.27. The molecule has 3 aromatic rings. The lowest BCUT2D eigenvalue weighted by Crippen LogP contribution is -2.31. The minimum atomic E-state index is -3.66. The van der Waals surface area contributed by atoms with Crippen LogP contribution in [0.25, 0.3) is 0 Å². The van der Waals surface area contributed by atoms with Crippen LogP contribution in [-0.2, 0) is 16.6 Å². The van der Waals surface area contributed by atoms with Gasteiger partial charge in [-0.2, -0.15) is 0 Å². The van der Waals surface area contributed by atoms with Gasteiger partial charge in [-0.15, -0.1) is 0 Å². The summed E-state index contributed by atoms with van der Waals surface area (Å²) in [5, 5.41) is 0. The third kappa shape index (κ3) is 3.74. The van der Waals surface area contributed by atoms with Crippen LogP contribution in [0.5, 0.6) is 0 Å². The van der Waals surface area contributed by atoms with Gasteiger partial charge >= 0.3 is 0 Å². The fourth-order valence-corrected chi connectivity index (χ4v) is 4.42. The van der Waals surface area contributed by atoms with Crippen LogP contribution in [0.3, 0.4) is 0 Å². The summed E-state index contributed by atoms with van der Waals surface area (Å²) in [5.74, 6) is 0. The summed E-state index contributed by atoms with van der Waals surface area (Å²) in [6, 6.07) is 24.3. The summed E-state index contributed by atoms with van der Waals surface area (Å²) in [7, 11) is -3.66. The van der Waals surface area contributed by atoms with E-state index in [-0.39, 0.29) is 0 Å². The van der Waals surface area contributed by atoms with E-state index in [2.05, 4.69) is 0 Å². The van der Waals surface area contributed by atoms with Crippen molar-refractivity contribution in [3.63, 3.8) is 0 Å².